The van der Waals surface area contributed by atoms with Gasteiger partial charge in [0.1, 0.15) is 18.0 Å². The highest BCUT2D eigenvalue weighted by molar-refractivity contribution is 5.76. The quantitative estimate of drug-likeness (QED) is 0.392. The molecule has 1 aromatic rings. The molecule has 19 heavy (non-hydrogen) atoms. The minimum Gasteiger partial charge on any atom is -0.448 e. The molecule has 0 saturated heterocycles. The molecule has 1 rings (SSSR count). The summed E-state index contributed by atoms with van der Waals surface area (Å²) < 4.78 is 4.53. The highest BCUT2D eigenvalue weighted by atomic mass is 16.6. The number of para-hydroxylation sites is 1. The van der Waals surface area contributed by atoms with Crippen LogP contribution in [0.25, 0.3) is 0 Å². The molecule has 8 nitrogen and oxygen atoms in total. The fraction of sp³-hybridized carbons (Fsp3) is 0.364. The molecule has 1 aromatic carbocycles. The Bertz CT molecular complexity index is 464. The van der Waals surface area contributed by atoms with E-state index in [9.17, 15) is 14.9 Å². The third-order valence-corrected chi connectivity index (χ3v) is 2.25. The Labute approximate surface area is 110 Å². The Morgan fingerprint density at radius 3 is 2.58 bits per heavy atom. The van der Waals surface area contributed by atoms with E-state index in [1.54, 1.807) is 18.2 Å². The number of carbonyl (C=O) groups excluding carboxylic acids is 1. The lowest BCUT2D eigenvalue weighted by Crippen LogP contribution is -2.18. The highest BCUT2D eigenvalue weighted by Gasteiger charge is 2.18. The molecule has 0 unspecified atom stereocenters. The molecule has 1 amide bonds. The van der Waals surface area contributed by atoms with E-state index in [4.69, 9.17) is 5.73 Å². The van der Waals surface area contributed by atoms with E-state index in [2.05, 4.69) is 15.4 Å². The Morgan fingerprint density at radius 2 is 2.05 bits per heavy atom. The molecule has 0 aliphatic rings. The first-order chi connectivity index (χ1) is 9.06. The number of nitrogens with one attached hydrogen (secondary N) is 2. The van der Waals surface area contributed by atoms with Crippen LogP contribution in [0, 0.1) is 10.1 Å². The van der Waals surface area contributed by atoms with Gasteiger partial charge in [0.15, 0.2) is 0 Å². The smallest absolute Gasteiger partial charge is 0.404 e. The number of primary amides is 1. The maximum absolute atomic E-state index is 11.1. The van der Waals surface area contributed by atoms with Crippen molar-refractivity contribution in [2.24, 2.45) is 5.73 Å². The number of nitro groups is 1. The van der Waals surface area contributed by atoms with Crippen molar-refractivity contribution in [1.82, 2.24) is 0 Å². The Balaban J connectivity index is 2.78. The minimum atomic E-state index is -0.877. The van der Waals surface area contributed by atoms with Crippen LogP contribution in [0.4, 0.5) is 21.9 Å². The van der Waals surface area contributed by atoms with Gasteiger partial charge in [-0.3, -0.25) is 10.1 Å². The van der Waals surface area contributed by atoms with Gasteiger partial charge in [-0.25, -0.2) is 4.79 Å². The van der Waals surface area contributed by atoms with Crippen molar-refractivity contribution in [1.29, 1.82) is 0 Å². The number of hydrogen-bond donors (Lipinski definition) is 3. The molecule has 0 radical (unpaired) electrons. The van der Waals surface area contributed by atoms with E-state index in [0.717, 1.165) is 0 Å². The normalized spacial score (nSPS) is 9.74. The Hall–Kier alpha value is -2.51. The average Bonchev–Trinajstić information content (AvgIpc) is 2.34. The summed E-state index contributed by atoms with van der Waals surface area (Å²) in [5, 5.41) is 16.8. The van der Waals surface area contributed by atoms with E-state index >= 15 is 0 Å². The number of rotatable bonds is 7. The fourth-order valence-electron chi connectivity index (χ4n) is 1.55. The van der Waals surface area contributed by atoms with Crippen LogP contribution >= 0.6 is 0 Å². The number of carbonyl (C=O) groups is 1. The summed E-state index contributed by atoms with van der Waals surface area (Å²) in [5.41, 5.74) is 5.56. The molecule has 0 fully saturated rings. The van der Waals surface area contributed by atoms with Gasteiger partial charge >= 0.3 is 11.8 Å². The number of anilines is 2. The summed E-state index contributed by atoms with van der Waals surface area (Å²) in [6, 6.07) is 4.91. The van der Waals surface area contributed by atoms with Crippen molar-refractivity contribution in [2.75, 3.05) is 30.3 Å². The van der Waals surface area contributed by atoms with Gasteiger partial charge in [-0.2, -0.15) is 0 Å². The monoisotopic (exact) mass is 268 g/mol. The minimum absolute atomic E-state index is 0.0385. The number of nitrogens with zero attached hydrogens (tertiary/aromatic N) is 1. The fourth-order valence-corrected chi connectivity index (χ4v) is 1.55. The summed E-state index contributed by atoms with van der Waals surface area (Å²) in [4.78, 5) is 21.0. The average molecular weight is 268 g/mol. The summed E-state index contributed by atoms with van der Waals surface area (Å²) in [6.07, 6.45) is -0.877. The second kappa shape index (κ2) is 7.04. The molecule has 0 saturated carbocycles. The molecule has 4 N–H and O–H groups in total. The molecule has 0 spiro atoms. The second-order valence-electron chi connectivity index (χ2n) is 3.58. The number of nitro benzene ring substituents is 1. The van der Waals surface area contributed by atoms with Crippen molar-refractivity contribution in [3.63, 3.8) is 0 Å². The van der Waals surface area contributed by atoms with Gasteiger partial charge in [0, 0.05) is 13.1 Å². The predicted octanol–water partition coefficient (Wildman–Crippen LogP) is 1.53. The van der Waals surface area contributed by atoms with Crippen LogP contribution in [-0.4, -0.2) is 30.7 Å². The van der Waals surface area contributed by atoms with Gasteiger partial charge < -0.3 is 21.1 Å². The van der Waals surface area contributed by atoms with Crippen molar-refractivity contribution < 1.29 is 14.5 Å². The predicted molar refractivity (Wildman–Crippen MR) is 71.3 cm³/mol. The van der Waals surface area contributed by atoms with Crippen molar-refractivity contribution in [3.05, 3.63) is 28.3 Å². The van der Waals surface area contributed by atoms with Crippen LogP contribution in [-0.2, 0) is 4.74 Å². The van der Waals surface area contributed by atoms with Crippen LogP contribution in [0.15, 0.2) is 18.2 Å². The molecule has 0 aromatic heterocycles. The van der Waals surface area contributed by atoms with Gasteiger partial charge in [0.05, 0.1) is 4.92 Å². The van der Waals surface area contributed by atoms with Crippen LogP contribution in [0.1, 0.15) is 6.92 Å². The standard InChI is InChI=1S/C11H16N4O4/c1-2-13-8-4-3-5-9(10(8)15(17)18)14-6-7-19-11(12)16/h3-5,13-14H,2,6-7H2,1H3,(H2,12,16). The summed E-state index contributed by atoms with van der Waals surface area (Å²) in [5.74, 6) is 0. The number of nitrogens with two attached hydrogens (primary N) is 1. The van der Waals surface area contributed by atoms with Gasteiger partial charge in [-0.05, 0) is 19.1 Å². The Kier molecular flexibility index (Phi) is 5.39. The molecule has 8 heteroatoms. The lowest BCUT2D eigenvalue weighted by atomic mass is 10.2. The molecular formula is C11H16N4O4. The van der Waals surface area contributed by atoms with Crippen LogP contribution in [0.2, 0.25) is 0 Å². The highest BCUT2D eigenvalue weighted by Crippen LogP contribution is 2.32. The number of amides is 1. The molecular weight excluding hydrogens is 252 g/mol. The van der Waals surface area contributed by atoms with Crippen LogP contribution < -0.4 is 16.4 Å². The van der Waals surface area contributed by atoms with Gasteiger partial charge in [-0.1, -0.05) is 6.07 Å². The first-order valence-corrected chi connectivity index (χ1v) is 5.73. The molecule has 0 atom stereocenters. The Morgan fingerprint density at radius 1 is 1.42 bits per heavy atom. The second-order valence-corrected chi connectivity index (χ2v) is 3.58. The zero-order chi connectivity index (χ0) is 14.3. The summed E-state index contributed by atoms with van der Waals surface area (Å²) in [6.45, 7) is 2.71. The van der Waals surface area contributed by atoms with E-state index in [1.165, 1.54) is 0 Å². The van der Waals surface area contributed by atoms with E-state index < -0.39 is 11.0 Å². The van der Waals surface area contributed by atoms with E-state index in [1.807, 2.05) is 6.92 Å². The van der Waals surface area contributed by atoms with Gasteiger partial charge in [0.25, 0.3) is 0 Å². The number of hydrogen-bond acceptors (Lipinski definition) is 6. The molecule has 0 heterocycles. The topological polar surface area (TPSA) is 120 Å². The van der Waals surface area contributed by atoms with Crippen LogP contribution in [0.3, 0.4) is 0 Å². The summed E-state index contributed by atoms with van der Waals surface area (Å²) >= 11 is 0. The number of benzene rings is 1. The first kappa shape index (κ1) is 14.6. The first-order valence-electron chi connectivity index (χ1n) is 5.73. The van der Waals surface area contributed by atoms with Gasteiger partial charge in [-0.15, -0.1) is 0 Å². The maximum atomic E-state index is 11.1. The zero-order valence-electron chi connectivity index (χ0n) is 10.5. The van der Waals surface area contributed by atoms with Crippen molar-refractivity contribution in [2.45, 2.75) is 6.92 Å². The maximum Gasteiger partial charge on any atom is 0.404 e. The van der Waals surface area contributed by atoms with Crippen molar-refractivity contribution in [3.8, 4) is 0 Å². The third kappa shape index (κ3) is 4.34. The lowest BCUT2D eigenvalue weighted by Gasteiger charge is -2.10. The summed E-state index contributed by atoms with van der Waals surface area (Å²) in [7, 11) is 0. The lowest BCUT2D eigenvalue weighted by molar-refractivity contribution is -0.383. The molecule has 0 aliphatic heterocycles. The molecule has 0 aliphatic carbocycles. The van der Waals surface area contributed by atoms with Crippen LogP contribution in [0.5, 0.6) is 0 Å². The largest absolute Gasteiger partial charge is 0.448 e. The SMILES string of the molecule is CCNc1cccc(NCCOC(N)=O)c1[N+](=O)[O-]. The molecule has 0 bridgehead atoms. The van der Waals surface area contributed by atoms with Crippen molar-refractivity contribution >= 4 is 23.2 Å². The van der Waals surface area contributed by atoms with Gasteiger partial charge in [0.2, 0.25) is 0 Å². The third-order valence-electron chi connectivity index (χ3n) is 2.25. The van der Waals surface area contributed by atoms with E-state index in [0.29, 0.717) is 17.9 Å². The molecule has 104 valence electrons. The number of ether oxygens (including phenoxy) is 1. The zero-order valence-corrected chi connectivity index (χ0v) is 10.5. The van der Waals surface area contributed by atoms with E-state index in [-0.39, 0.29) is 18.8 Å².